The van der Waals surface area contributed by atoms with E-state index < -0.39 is 0 Å². The minimum Gasteiger partial charge on any atom is -0.320 e. The Morgan fingerprint density at radius 3 is 2.73 bits per heavy atom. The van der Waals surface area contributed by atoms with Crippen molar-refractivity contribution in [1.29, 1.82) is 5.26 Å². The van der Waals surface area contributed by atoms with Gasteiger partial charge in [-0.3, -0.25) is 4.79 Å². The number of rotatable bonds is 2. The van der Waals surface area contributed by atoms with Crippen LogP contribution in [-0.4, -0.2) is 5.91 Å². The first kappa shape index (κ1) is 14.2. The van der Waals surface area contributed by atoms with Crippen LogP contribution in [0.2, 0.25) is 0 Å². The average Bonchev–Trinajstić information content (AvgIpc) is 2.86. The van der Waals surface area contributed by atoms with Crippen molar-refractivity contribution in [2.45, 2.75) is 6.92 Å². The maximum absolute atomic E-state index is 13.9. The van der Waals surface area contributed by atoms with Gasteiger partial charge in [0.05, 0.1) is 16.1 Å². The first-order valence-corrected chi connectivity index (χ1v) is 7.41. The molecule has 0 spiro atoms. The number of nitrogens with zero attached hydrogens (tertiary/aromatic N) is 1. The maximum Gasteiger partial charge on any atom is 0.266 e. The van der Waals surface area contributed by atoms with Crippen molar-refractivity contribution in [1.82, 2.24) is 0 Å². The molecule has 1 aromatic heterocycles. The molecule has 108 valence electrons. The van der Waals surface area contributed by atoms with Gasteiger partial charge in [0.25, 0.3) is 5.91 Å². The highest BCUT2D eigenvalue weighted by atomic mass is 32.1. The van der Waals surface area contributed by atoms with E-state index >= 15 is 0 Å². The van der Waals surface area contributed by atoms with Gasteiger partial charge in [-0.05, 0) is 36.8 Å². The van der Waals surface area contributed by atoms with Crippen LogP contribution >= 0.6 is 11.3 Å². The molecule has 22 heavy (non-hydrogen) atoms. The molecule has 0 aliphatic heterocycles. The lowest BCUT2D eigenvalue weighted by atomic mass is 10.1. The molecular formula is C17H11FN2OS. The summed E-state index contributed by atoms with van der Waals surface area (Å²) in [5, 5.41) is 12.3. The molecule has 3 rings (SSSR count). The second kappa shape index (κ2) is 5.58. The molecule has 3 aromatic rings. The molecule has 2 aromatic carbocycles. The summed E-state index contributed by atoms with van der Waals surface area (Å²) >= 11 is 1.24. The summed E-state index contributed by atoms with van der Waals surface area (Å²) in [6, 6.07) is 13.6. The molecule has 0 aliphatic rings. The smallest absolute Gasteiger partial charge is 0.266 e. The lowest BCUT2D eigenvalue weighted by molar-refractivity contribution is 0.103. The number of hydrogen-bond donors (Lipinski definition) is 1. The fraction of sp³-hybridized carbons (Fsp3) is 0.0588. The fourth-order valence-electron chi connectivity index (χ4n) is 2.34. The third-order valence-electron chi connectivity index (χ3n) is 3.40. The Hall–Kier alpha value is -2.71. The zero-order chi connectivity index (χ0) is 15.7. The van der Waals surface area contributed by atoms with Gasteiger partial charge >= 0.3 is 0 Å². The van der Waals surface area contributed by atoms with Crippen molar-refractivity contribution in [3.8, 4) is 6.07 Å². The number of benzene rings is 2. The van der Waals surface area contributed by atoms with Crippen molar-refractivity contribution in [3.63, 3.8) is 0 Å². The highest BCUT2D eigenvalue weighted by Crippen LogP contribution is 2.33. The number of amides is 1. The second-order valence-corrected chi connectivity index (χ2v) is 5.83. The van der Waals surface area contributed by atoms with Gasteiger partial charge in [-0.25, -0.2) is 4.39 Å². The number of carbonyl (C=O) groups is 1. The van der Waals surface area contributed by atoms with E-state index in [4.69, 9.17) is 5.26 Å². The monoisotopic (exact) mass is 310 g/mol. The minimum atomic E-state index is -0.333. The van der Waals surface area contributed by atoms with Crippen LogP contribution in [-0.2, 0) is 0 Å². The Morgan fingerprint density at radius 2 is 2.00 bits per heavy atom. The zero-order valence-electron chi connectivity index (χ0n) is 11.7. The van der Waals surface area contributed by atoms with Gasteiger partial charge in [0.15, 0.2) is 0 Å². The van der Waals surface area contributed by atoms with E-state index in [0.717, 1.165) is 4.70 Å². The SMILES string of the molecule is Cc1c(C(=O)Nc2ccccc2C#N)sc2cccc(F)c12. The van der Waals surface area contributed by atoms with Crippen molar-refractivity contribution >= 4 is 33.0 Å². The van der Waals surface area contributed by atoms with Gasteiger partial charge < -0.3 is 5.32 Å². The predicted molar refractivity (Wildman–Crippen MR) is 85.6 cm³/mol. The van der Waals surface area contributed by atoms with Crippen LogP contribution in [0.15, 0.2) is 42.5 Å². The summed E-state index contributed by atoms with van der Waals surface area (Å²) in [5.74, 6) is -0.663. The number of anilines is 1. The molecule has 1 amide bonds. The van der Waals surface area contributed by atoms with E-state index in [1.165, 1.54) is 17.4 Å². The number of halogens is 1. The molecule has 0 radical (unpaired) electrons. The molecule has 3 nitrogen and oxygen atoms in total. The third-order valence-corrected chi connectivity index (χ3v) is 4.66. The number of para-hydroxylation sites is 1. The summed E-state index contributed by atoms with van der Waals surface area (Å²) in [6.45, 7) is 1.73. The average molecular weight is 310 g/mol. The maximum atomic E-state index is 13.9. The molecule has 0 saturated carbocycles. The zero-order valence-corrected chi connectivity index (χ0v) is 12.5. The van der Waals surface area contributed by atoms with Gasteiger partial charge in [0, 0.05) is 10.1 Å². The molecule has 1 heterocycles. The van der Waals surface area contributed by atoms with E-state index in [9.17, 15) is 9.18 Å². The second-order valence-electron chi connectivity index (χ2n) is 4.78. The number of nitrogens with one attached hydrogen (secondary N) is 1. The molecule has 0 fully saturated rings. The molecule has 0 atom stereocenters. The highest BCUT2D eigenvalue weighted by molar-refractivity contribution is 7.21. The number of nitriles is 1. The van der Waals surface area contributed by atoms with Crippen LogP contribution in [0.25, 0.3) is 10.1 Å². The lowest BCUT2D eigenvalue weighted by Gasteiger charge is -2.06. The van der Waals surface area contributed by atoms with Gasteiger partial charge in [0.1, 0.15) is 11.9 Å². The fourth-order valence-corrected chi connectivity index (χ4v) is 3.46. The molecule has 0 unspecified atom stereocenters. The van der Waals surface area contributed by atoms with E-state index in [1.54, 1.807) is 43.3 Å². The predicted octanol–water partition coefficient (Wildman–Crippen LogP) is 4.47. The van der Waals surface area contributed by atoms with Crippen molar-refractivity contribution in [2.24, 2.45) is 0 Å². The Morgan fingerprint density at radius 1 is 1.23 bits per heavy atom. The number of carbonyl (C=O) groups excluding carboxylic acids is 1. The van der Waals surface area contributed by atoms with E-state index in [-0.39, 0.29) is 11.7 Å². The number of thiophene rings is 1. The molecule has 1 N–H and O–H groups in total. The summed E-state index contributed by atoms with van der Waals surface area (Å²) in [6.07, 6.45) is 0. The lowest BCUT2D eigenvalue weighted by Crippen LogP contribution is -2.12. The molecular weight excluding hydrogens is 299 g/mol. The van der Waals surface area contributed by atoms with Crippen molar-refractivity contribution in [3.05, 3.63) is 64.3 Å². The number of fused-ring (bicyclic) bond motifs is 1. The van der Waals surface area contributed by atoms with E-state index in [2.05, 4.69) is 5.32 Å². The van der Waals surface area contributed by atoms with Crippen LogP contribution in [0.1, 0.15) is 20.8 Å². The molecule has 5 heteroatoms. The Bertz CT molecular complexity index is 924. The van der Waals surface area contributed by atoms with E-state index in [1.807, 2.05) is 6.07 Å². The van der Waals surface area contributed by atoms with Crippen LogP contribution in [0, 0.1) is 24.1 Å². The Labute approximate surface area is 130 Å². The summed E-state index contributed by atoms with van der Waals surface area (Å²) in [7, 11) is 0. The Kier molecular flexibility index (Phi) is 3.61. The molecule has 0 bridgehead atoms. The normalized spacial score (nSPS) is 10.4. The van der Waals surface area contributed by atoms with Crippen molar-refractivity contribution in [2.75, 3.05) is 5.32 Å². The third kappa shape index (κ3) is 2.34. The van der Waals surface area contributed by atoms with Crippen LogP contribution < -0.4 is 5.32 Å². The van der Waals surface area contributed by atoms with Gasteiger partial charge in [-0.1, -0.05) is 18.2 Å². The first-order valence-electron chi connectivity index (χ1n) is 6.60. The van der Waals surface area contributed by atoms with Crippen LogP contribution in [0.3, 0.4) is 0 Å². The summed E-state index contributed by atoms with van der Waals surface area (Å²) in [5.41, 5.74) is 1.46. The topological polar surface area (TPSA) is 52.9 Å². The van der Waals surface area contributed by atoms with E-state index in [0.29, 0.717) is 27.1 Å². The minimum absolute atomic E-state index is 0.331. The quantitative estimate of drug-likeness (QED) is 0.759. The number of hydrogen-bond acceptors (Lipinski definition) is 3. The molecule has 0 aliphatic carbocycles. The van der Waals surface area contributed by atoms with Crippen molar-refractivity contribution < 1.29 is 9.18 Å². The largest absolute Gasteiger partial charge is 0.320 e. The van der Waals surface area contributed by atoms with Gasteiger partial charge in [0.2, 0.25) is 0 Å². The molecule has 0 saturated heterocycles. The summed E-state index contributed by atoms with van der Waals surface area (Å²) in [4.78, 5) is 12.9. The standard InChI is InChI=1S/C17H11FN2OS/c1-10-15-12(18)6-4-8-14(15)22-16(10)17(21)20-13-7-3-2-5-11(13)9-19/h2-8H,1H3,(H,20,21). The number of aryl methyl sites for hydroxylation is 1. The van der Waals surface area contributed by atoms with Gasteiger partial charge in [-0.2, -0.15) is 5.26 Å². The first-order chi connectivity index (χ1) is 10.6. The van der Waals surface area contributed by atoms with Crippen LogP contribution in [0.5, 0.6) is 0 Å². The van der Waals surface area contributed by atoms with Gasteiger partial charge in [-0.15, -0.1) is 11.3 Å². The summed E-state index contributed by atoms with van der Waals surface area (Å²) < 4.78 is 14.6. The Balaban J connectivity index is 2.02. The highest BCUT2D eigenvalue weighted by Gasteiger charge is 2.18. The van der Waals surface area contributed by atoms with Crippen LogP contribution in [0.4, 0.5) is 10.1 Å².